The van der Waals surface area contributed by atoms with Crippen LogP contribution in [0.3, 0.4) is 0 Å². The van der Waals surface area contributed by atoms with E-state index in [9.17, 15) is 25.9 Å². The molecule has 0 amide bonds. The van der Waals surface area contributed by atoms with Crippen molar-refractivity contribution in [2.45, 2.75) is 0 Å². The first-order chi connectivity index (χ1) is 3.71. The van der Waals surface area contributed by atoms with Crippen LogP contribution in [0.4, 0.5) is 0 Å². The van der Waals surface area contributed by atoms with E-state index in [4.69, 9.17) is 0 Å². The van der Waals surface area contributed by atoms with Crippen LogP contribution in [-0.2, 0) is 87.7 Å². The van der Waals surface area contributed by atoms with Gasteiger partial charge in [0.15, 0.2) is 20.6 Å². The van der Waals surface area contributed by atoms with Gasteiger partial charge in [0.05, 0.1) is 0 Å². The van der Waals surface area contributed by atoms with Crippen LogP contribution in [0.15, 0.2) is 0 Å². The molecule has 12 heteroatoms. The van der Waals surface area contributed by atoms with Crippen molar-refractivity contribution in [2.75, 3.05) is 0 Å². The van der Waals surface area contributed by atoms with Gasteiger partial charge in [0.25, 0.3) is 0 Å². The van der Waals surface area contributed by atoms with E-state index in [2.05, 4.69) is 0 Å². The van der Waals surface area contributed by atoms with Crippen molar-refractivity contribution >= 4 is 20.6 Å². The zero-order chi connectivity index (χ0) is 7.71. The minimum Gasteiger partial charge on any atom is -0.735 e. The molecule has 0 aromatic heterocycles. The van der Waals surface area contributed by atoms with Gasteiger partial charge in [-0.1, -0.05) is 0 Å². The van der Waals surface area contributed by atoms with Crippen LogP contribution in [0.25, 0.3) is 0 Å². The molecule has 0 saturated heterocycles. The first-order valence-electron chi connectivity index (χ1n) is 1.41. The molecule has 0 heterocycles. The van der Waals surface area contributed by atoms with Gasteiger partial charge in [-0.25, -0.2) is 16.8 Å². The maximum Gasteiger partial charge on any atom is 1.00 e. The average Bonchev–Trinajstić information content (AvgIpc) is 1.14. The summed E-state index contributed by atoms with van der Waals surface area (Å²) in [5.41, 5.74) is 0. The van der Waals surface area contributed by atoms with Gasteiger partial charge in [0.2, 0.25) is 0 Å². The number of nitrogens with one attached hydrogen (secondary N) is 1. The number of rotatable bonds is 2. The molecule has 0 saturated carbocycles. The van der Waals surface area contributed by atoms with Crippen molar-refractivity contribution < 1.29 is 93.1 Å². The molecule has 0 aliphatic heterocycles. The first kappa shape index (κ1) is 23.7. The Morgan fingerprint density at radius 3 is 0.917 bits per heavy atom. The Kier molecular flexibility index (Phi) is 16.4. The summed E-state index contributed by atoms with van der Waals surface area (Å²) in [5, 5.41) is 0. The molecular formula is HAg3NO6S2+. The summed E-state index contributed by atoms with van der Waals surface area (Å²) in [4.78, 5) is 0. The summed E-state index contributed by atoms with van der Waals surface area (Å²) in [5.74, 6) is 0. The molecule has 0 aliphatic carbocycles. The molecule has 0 fully saturated rings. The summed E-state index contributed by atoms with van der Waals surface area (Å²) in [7, 11) is -10.4. The Balaban J connectivity index is -0.000000107. The second-order valence-electron chi connectivity index (χ2n) is 0.992. The maximum atomic E-state index is 9.40. The molecule has 0 aromatic rings. The molecule has 0 unspecified atom stereocenters. The van der Waals surface area contributed by atoms with E-state index in [1.165, 1.54) is 0 Å². The van der Waals surface area contributed by atoms with Crippen LogP contribution in [0.1, 0.15) is 0 Å². The minimum absolute atomic E-state index is 0. The Hall–Kier alpha value is 2.00. The minimum atomic E-state index is -5.18. The van der Waals surface area contributed by atoms with Gasteiger partial charge in [0.1, 0.15) is 0 Å². The van der Waals surface area contributed by atoms with E-state index in [-0.39, 0.29) is 67.1 Å². The first-order valence-corrected chi connectivity index (χ1v) is 4.22. The summed E-state index contributed by atoms with van der Waals surface area (Å²) in [6.07, 6.45) is 0. The summed E-state index contributed by atoms with van der Waals surface area (Å²) >= 11 is 0. The third-order valence-corrected chi connectivity index (χ3v) is 1.84. The monoisotopic (exact) mass is 496 g/mol. The Morgan fingerprint density at radius 2 is 0.917 bits per heavy atom. The number of hydrogen-bond donors (Lipinski definition) is 1. The van der Waals surface area contributed by atoms with Gasteiger partial charge in [-0.15, -0.1) is 4.13 Å². The predicted octanol–water partition coefficient (Wildman–Crippen LogP) is -2.51. The molecule has 0 spiro atoms. The fourth-order valence-electron chi connectivity index (χ4n) is 0.125. The second kappa shape index (κ2) is 8.32. The van der Waals surface area contributed by atoms with Crippen LogP contribution >= 0.6 is 0 Å². The Bertz CT molecular complexity index is 246. The van der Waals surface area contributed by atoms with Crippen molar-refractivity contribution in [2.24, 2.45) is 0 Å². The summed E-state index contributed by atoms with van der Waals surface area (Å²) in [6, 6.07) is 0. The molecule has 86 valence electrons. The second-order valence-corrected chi connectivity index (χ2v) is 3.47. The van der Waals surface area contributed by atoms with E-state index in [0.717, 1.165) is 0 Å². The molecule has 12 heavy (non-hydrogen) atoms. The van der Waals surface area contributed by atoms with Gasteiger partial charge < -0.3 is 9.11 Å². The van der Waals surface area contributed by atoms with Crippen molar-refractivity contribution in [3.05, 3.63) is 0 Å². The maximum absolute atomic E-state index is 9.40. The molecule has 0 radical (unpaired) electrons. The van der Waals surface area contributed by atoms with Crippen LogP contribution in [0.2, 0.25) is 0 Å². The molecule has 0 atom stereocenters. The third kappa shape index (κ3) is 22.7. The SMILES string of the molecule is O=S(=O)([O-])NS(=O)(=O)[O-].[Ag+].[Ag+].[Ag+]. The van der Waals surface area contributed by atoms with Crippen molar-refractivity contribution in [3.63, 3.8) is 0 Å². The fourth-order valence-corrected chi connectivity index (χ4v) is 1.12. The van der Waals surface area contributed by atoms with Crippen LogP contribution in [0.5, 0.6) is 0 Å². The van der Waals surface area contributed by atoms with Gasteiger partial charge in [-0.2, -0.15) is 0 Å². The van der Waals surface area contributed by atoms with Gasteiger partial charge in [-0.05, 0) is 0 Å². The zero-order valence-electron chi connectivity index (χ0n) is 4.67. The van der Waals surface area contributed by atoms with Crippen LogP contribution < -0.4 is 4.13 Å². The van der Waals surface area contributed by atoms with E-state index in [1.807, 2.05) is 0 Å². The predicted molar refractivity (Wildman–Crippen MR) is 22.5 cm³/mol. The topological polar surface area (TPSA) is 126 Å². The standard InChI is InChI=1S/3Ag.H3NO6S2/c;;;2-8(3,4)1-9(5,6)7/h;;;1H,(H,2,3,4)(H,5,6,7)/q3*+1;/p-2. The molecule has 0 bridgehead atoms. The van der Waals surface area contributed by atoms with Gasteiger partial charge in [0, 0.05) is 0 Å². The fraction of sp³-hybridized carbons (Fsp3) is 0. The van der Waals surface area contributed by atoms with Crippen molar-refractivity contribution in [1.82, 2.24) is 4.13 Å². The van der Waals surface area contributed by atoms with E-state index in [0.29, 0.717) is 4.13 Å². The van der Waals surface area contributed by atoms with E-state index < -0.39 is 20.6 Å². The molecule has 7 nitrogen and oxygen atoms in total. The smallest absolute Gasteiger partial charge is 0.735 e. The van der Waals surface area contributed by atoms with Crippen molar-refractivity contribution in [3.8, 4) is 0 Å². The van der Waals surface area contributed by atoms with E-state index >= 15 is 0 Å². The Labute approximate surface area is 116 Å². The molecule has 0 aliphatic rings. The zero-order valence-corrected chi connectivity index (χ0v) is 10.8. The summed E-state index contributed by atoms with van der Waals surface area (Å²) in [6.45, 7) is 0. The molecule has 0 rings (SSSR count). The van der Waals surface area contributed by atoms with Gasteiger partial charge >= 0.3 is 67.1 Å². The van der Waals surface area contributed by atoms with Gasteiger partial charge in [-0.3, -0.25) is 0 Å². The van der Waals surface area contributed by atoms with Crippen LogP contribution in [-0.4, -0.2) is 25.9 Å². The molecule has 1 N–H and O–H groups in total. The molecule has 0 aromatic carbocycles. The Morgan fingerprint density at radius 1 is 0.750 bits per heavy atom. The largest absolute Gasteiger partial charge is 1.00 e. The third-order valence-electron chi connectivity index (χ3n) is 0.204. The molecular weight excluding hydrogens is 498 g/mol. The van der Waals surface area contributed by atoms with E-state index in [1.54, 1.807) is 0 Å². The van der Waals surface area contributed by atoms with Crippen LogP contribution in [0, 0.1) is 0 Å². The number of hydrogen-bond acceptors (Lipinski definition) is 6. The average molecular weight is 499 g/mol. The summed E-state index contributed by atoms with van der Waals surface area (Å²) < 4.78 is 56.7. The normalized spacial score (nSPS) is 10.2. The van der Waals surface area contributed by atoms with Crippen molar-refractivity contribution in [1.29, 1.82) is 0 Å². The quantitative estimate of drug-likeness (QED) is 0.331.